The molecule has 1 atom stereocenters. The third kappa shape index (κ3) is 1.24. The SMILES string of the molecule is Cc1nc2sccn2c1C(F)CN. The van der Waals surface area contributed by atoms with Crippen LogP contribution in [0.25, 0.3) is 4.96 Å². The molecule has 0 spiro atoms. The number of nitrogens with zero attached hydrogens (tertiary/aromatic N) is 2. The zero-order valence-electron chi connectivity index (χ0n) is 7.20. The van der Waals surface area contributed by atoms with Crippen molar-refractivity contribution in [3.63, 3.8) is 0 Å². The molecule has 0 amide bonds. The van der Waals surface area contributed by atoms with Crippen LogP contribution in [0.5, 0.6) is 0 Å². The second kappa shape index (κ2) is 3.08. The highest BCUT2D eigenvalue weighted by Gasteiger charge is 2.17. The van der Waals surface area contributed by atoms with Crippen molar-refractivity contribution in [2.24, 2.45) is 5.73 Å². The minimum atomic E-state index is -1.12. The van der Waals surface area contributed by atoms with E-state index in [1.54, 1.807) is 11.3 Å². The van der Waals surface area contributed by atoms with Crippen molar-refractivity contribution in [1.82, 2.24) is 9.38 Å². The molecule has 0 bridgehead atoms. The molecule has 0 fully saturated rings. The Morgan fingerprint density at radius 2 is 2.54 bits per heavy atom. The molecule has 2 heterocycles. The maximum absolute atomic E-state index is 13.4. The Labute approximate surface area is 79.0 Å². The summed E-state index contributed by atoms with van der Waals surface area (Å²) in [6.07, 6.45) is 0.696. The van der Waals surface area contributed by atoms with Gasteiger partial charge in [0.2, 0.25) is 0 Å². The summed E-state index contributed by atoms with van der Waals surface area (Å²) in [5.41, 5.74) is 6.59. The summed E-state index contributed by atoms with van der Waals surface area (Å²) in [5, 5.41) is 1.88. The number of aryl methyl sites for hydroxylation is 1. The second-order valence-corrected chi connectivity index (χ2v) is 3.71. The Hall–Kier alpha value is -0.940. The molecule has 0 aliphatic carbocycles. The highest BCUT2D eigenvalue weighted by atomic mass is 32.1. The van der Waals surface area contributed by atoms with E-state index in [1.165, 1.54) is 11.3 Å². The van der Waals surface area contributed by atoms with E-state index in [4.69, 9.17) is 5.73 Å². The van der Waals surface area contributed by atoms with E-state index in [2.05, 4.69) is 4.98 Å². The molecule has 5 heteroatoms. The summed E-state index contributed by atoms with van der Waals surface area (Å²) in [6.45, 7) is 1.81. The Bertz CT molecular complexity index is 420. The van der Waals surface area contributed by atoms with Gasteiger partial charge in [-0.25, -0.2) is 9.37 Å². The molecule has 2 rings (SSSR count). The predicted octanol–water partition coefficient (Wildman–Crippen LogP) is 1.67. The topological polar surface area (TPSA) is 43.3 Å². The van der Waals surface area contributed by atoms with Crippen molar-refractivity contribution in [2.45, 2.75) is 13.1 Å². The molecule has 0 aliphatic rings. The normalized spacial score (nSPS) is 13.8. The van der Waals surface area contributed by atoms with Crippen LogP contribution in [-0.4, -0.2) is 15.9 Å². The van der Waals surface area contributed by atoms with Gasteiger partial charge in [-0.15, -0.1) is 11.3 Å². The van der Waals surface area contributed by atoms with Crippen molar-refractivity contribution in [2.75, 3.05) is 6.54 Å². The van der Waals surface area contributed by atoms with Crippen molar-refractivity contribution >= 4 is 16.3 Å². The van der Waals surface area contributed by atoms with Gasteiger partial charge in [-0.2, -0.15) is 0 Å². The van der Waals surface area contributed by atoms with E-state index in [-0.39, 0.29) is 6.54 Å². The van der Waals surface area contributed by atoms with Gasteiger partial charge in [0.15, 0.2) is 11.1 Å². The number of rotatable bonds is 2. The number of imidazole rings is 1. The van der Waals surface area contributed by atoms with Crippen molar-refractivity contribution in [3.8, 4) is 0 Å². The number of fused-ring (bicyclic) bond motifs is 1. The Morgan fingerprint density at radius 3 is 3.23 bits per heavy atom. The Kier molecular flexibility index (Phi) is 2.05. The van der Waals surface area contributed by atoms with Crippen LogP contribution in [0.4, 0.5) is 4.39 Å². The molecular formula is C8H10FN3S. The summed E-state index contributed by atoms with van der Waals surface area (Å²) < 4.78 is 15.1. The smallest absolute Gasteiger partial charge is 0.194 e. The zero-order chi connectivity index (χ0) is 9.42. The largest absolute Gasteiger partial charge is 0.327 e. The lowest BCUT2D eigenvalue weighted by atomic mass is 10.2. The van der Waals surface area contributed by atoms with Gasteiger partial charge in [0.05, 0.1) is 11.4 Å². The standard InChI is InChI=1S/C8H10FN3S/c1-5-7(6(9)4-10)12-2-3-13-8(12)11-5/h2-3,6H,4,10H2,1H3. The molecule has 0 aromatic carbocycles. The third-order valence-electron chi connectivity index (χ3n) is 1.99. The lowest BCUT2D eigenvalue weighted by molar-refractivity contribution is 0.342. The molecule has 0 radical (unpaired) electrons. The molecule has 3 nitrogen and oxygen atoms in total. The monoisotopic (exact) mass is 199 g/mol. The summed E-state index contributed by atoms with van der Waals surface area (Å²) in [6, 6.07) is 0. The summed E-state index contributed by atoms with van der Waals surface area (Å²) in [5.74, 6) is 0. The minimum Gasteiger partial charge on any atom is -0.327 e. The zero-order valence-corrected chi connectivity index (χ0v) is 8.01. The first-order valence-electron chi connectivity index (χ1n) is 4.00. The number of nitrogens with two attached hydrogens (primary N) is 1. The van der Waals surface area contributed by atoms with Crippen LogP contribution in [0.2, 0.25) is 0 Å². The molecule has 0 aliphatic heterocycles. The van der Waals surface area contributed by atoms with Gasteiger partial charge in [-0.05, 0) is 6.92 Å². The fourth-order valence-corrected chi connectivity index (χ4v) is 2.17. The van der Waals surface area contributed by atoms with Gasteiger partial charge in [0.25, 0.3) is 0 Å². The van der Waals surface area contributed by atoms with Crippen LogP contribution in [0.3, 0.4) is 0 Å². The number of alkyl halides is 1. The first-order chi connectivity index (χ1) is 6.24. The Morgan fingerprint density at radius 1 is 1.77 bits per heavy atom. The Balaban J connectivity index is 2.63. The molecular weight excluding hydrogens is 189 g/mol. The van der Waals surface area contributed by atoms with E-state index in [0.717, 1.165) is 10.7 Å². The fourth-order valence-electron chi connectivity index (χ4n) is 1.40. The molecule has 2 aromatic rings. The maximum Gasteiger partial charge on any atom is 0.194 e. The van der Waals surface area contributed by atoms with Gasteiger partial charge in [0.1, 0.15) is 0 Å². The van der Waals surface area contributed by atoms with Crippen molar-refractivity contribution in [3.05, 3.63) is 23.0 Å². The second-order valence-electron chi connectivity index (χ2n) is 2.84. The van der Waals surface area contributed by atoms with Crippen molar-refractivity contribution < 1.29 is 4.39 Å². The maximum atomic E-state index is 13.4. The molecule has 0 saturated heterocycles. The lowest BCUT2D eigenvalue weighted by Gasteiger charge is -2.04. The van der Waals surface area contributed by atoms with Crippen LogP contribution in [-0.2, 0) is 0 Å². The molecule has 70 valence electrons. The van der Waals surface area contributed by atoms with Gasteiger partial charge >= 0.3 is 0 Å². The van der Waals surface area contributed by atoms with Crippen LogP contribution < -0.4 is 5.73 Å². The minimum absolute atomic E-state index is 0.00444. The number of hydrogen-bond acceptors (Lipinski definition) is 3. The molecule has 2 N–H and O–H groups in total. The number of halogens is 1. The van der Waals surface area contributed by atoms with E-state index in [9.17, 15) is 4.39 Å². The average Bonchev–Trinajstić information content (AvgIpc) is 2.62. The highest BCUT2D eigenvalue weighted by molar-refractivity contribution is 7.15. The predicted molar refractivity (Wildman–Crippen MR) is 50.7 cm³/mol. The average molecular weight is 199 g/mol. The van der Waals surface area contributed by atoms with E-state index < -0.39 is 6.17 Å². The number of aromatic nitrogens is 2. The molecule has 1 unspecified atom stereocenters. The van der Waals surface area contributed by atoms with Crippen LogP contribution >= 0.6 is 11.3 Å². The molecule has 2 aromatic heterocycles. The summed E-state index contributed by atoms with van der Waals surface area (Å²) in [4.78, 5) is 5.05. The first-order valence-corrected chi connectivity index (χ1v) is 4.88. The summed E-state index contributed by atoms with van der Waals surface area (Å²) in [7, 11) is 0. The third-order valence-corrected chi connectivity index (χ3v) is 2.74. The van der Waals surface area contributed by atoms with Crippen LogP contribution in [0, 0.1) is 6.92 Å². The molecule has 0 saturated carbocycles. The van der Waals surface area contributed by atoms with E-state index in [1.807, 2.05) is 11.6 Å². The van der Waals surface area contributed by atoms with Crippen molar-refractivity contribution in [1.29, 1.82) is 0 Å². The number of thiazole rings is 1. The first kappa shape index (κ1) is 8.65. The van der Waals surface area contributed by atoms with Gasteiger partial charge in [-0.1, -0.05) is 0 Å². The number of hydrogen-bond donors (Lipinski definition) is 1. The van der Waals surface area contributed by atoms with E-state index in [0.29, 0.717) is 5.69 Å². The fraction of sp³-hybridized carbons (Fsp3) is 0.375. The summed E-state index contributed by atoms with van der Waals surface area (Å²) >= 11 is 1.49. The van der Waals surface area contributed by atoms with Gasteiger partial charge in [-0.3, -0.25) is 4.40 Å². The van der Waals surface area contributed by atoms with Crippen LogP contribution in [0.1, 0.15) is 17.6 Å². The lowest BCUT2D eigenvalue weighted by Crippen LogP contribution is -2.10. The van der Waals surface area contributed by atoms with Gasteiger partial charge < -0.3 is 5.73 Å². The highest BCUT2D eigenvalue weighted by Crippen LogP contribution is 2.24. The van der Waals surface area contributed by atoms with Gasteiger partial charge in [0, 0.05) is 18.1 Å². The van der Waals surface area contributed by atoms with Crippen LogP contribution in [0.15, 0.2) is 11.6 Å². The molecule has 13 heavy (non-hydrogen) atoms. The quantitative estimate of drug-likeness (QED) is 0.799. The van der Waals surface area contributed by atoms with E-state index >= 15 is 0 Å².